The summed E-state index contributed by atoms with van der Waals surface area (Å²) in [6.45, 7) is 7.79. The van der Waals surface area contributed by atoms with Crippen LogP contribution in [0.2, 0.25) is 0 Å². The van der Waals surface area contributed by atoms with Gasteiger partial charge in [0.1, 0.15) is 6.61 Å². The van der Waals surface area contributed by atoms with Crippen LogP contribution in [0.25, 0.3) is 0 Å². The lowest BCUT2D eigenvalue weighted by atomic mass is 9.87. The summed E-state index contributed by atoms with van der Waals surface area (Å²) < 4.78 is 15.9. The molecule has 0 bridgehead atoms. The molecule has 0 unspecified atom stereocenters. The number of benzene rings is 1. The van der Waals surface area contributed by atoms with Crippen LogP contribution in [0, 0.1) is 6.92 Å². The van der Waals surface area contributed by atoms with E-state index in [-0.39, 0.29) is 12.6 Å². The molecule has 1 amide bonds. The number of amides is 1. The Labute approximate surface area is 230 Å². The van der Waals surface area contributed by atoms with Crippen LogP contribution in [0.5, 0.6) is 0 Å². The molecule has 1 saturated heterocycles. The second kappa shape index (κ2) is 13.4. The Morgan fingerprint density at radius 2 is 1.82 bits per heavy atom. The molecule has 8 nitrogen and oxygen atoms in total. The van der Waals surface area contributed by atoms with Gasteiger partial charge >= 0.3 is 12.1 Å². The second-order valence-electron chi connectivity index (χ2n) is 10.1. The molecular weight excluding hydrogens is 502 g/mol. The van der Waals surface area contributed by atoms with E-state index in [4.69, 9.17) is 14.2 Å². The fourth-order valence-electron chi connectivity index (χ4n) is 5.65. The van der Waals surface area contributed by atoms with Crippen LogP contribution in [0.15, 0.2) is 30.3 Å². The maximum absolute atomic E-state index is 12.8. The van der Waals surface area contributed by atoms with E-state index in [1.165, 1.54) is 20.0 Å². The minimum atomic E-state index is -0.465. The number of alkyl carbamates (subject to hydrolysis) is 1. The molecule has 4 rings (SSSR count). The second-order valence-corrected chi connectivity index (χ2v) is 11.2. The molecule has 38 heavy (non-hydrogen) atoms. The number of anilines is 1. The number of thiophene rings is 1. The number of nitrogens with one attached hydrogen (secondary N) is 1. The van der Waals surface area contributed by atoms with E-state index in [9.17, 15) is 9.59 Å². The maximum atomic E-state index is 12.8. The van der Waals surface area contributed by atoms with Crippen LogP contribution in [0.3, 0.4) is 0 Å². The SMILES string of the molecule is CCN(c1sc(CCNC(=O)OCc2ccccc2)c(C(=O)OC)c1C)[C@H]1CC[C@H](N2CC(OC)C2)CC1. The summed E-state index contributed by atoms with van der Waals surface area (Å²) in [6, 6.07) is 10.7. The van der Waals surface area contributed by atoms with Crippen LogP contribution < -0.4 is 10.2 Å². The molecule has 2 aliphatic rings. The third-order valence-corrected chi connectivity index (χ3v) is 9.24. The van der Waals surface area contributed by atoms with Gasteiger partial charge in [-0.1, -0.05) is 30.3 Å². The molecule has 208 valence electrons. The molecule has 9 heteroatoms. The number of methoxy groups -OCH3 is 2. The van der Waals surface area contributed by atoms with Crippen molar-refractivity contribution in [1.29, 1.82) is 0 Å². The zero-order chi connectivity index (χ0) is 27.1. The van der Waals surface area contributed by atoms with Gasteiger partial charge in [0, 0.05) is 56.7 Å². The van der Waals surface area contributed by atoms with Crippen molar-refractivity contribution in [3.63, 3.8) is 0 Å². The lowest BCUT2D eigenvalue weighted by Crippen LogP contribution is -2.57. The molecular formula is C29H41N3O5S. The lowest BCUT2D eigenvalue weighted by molar-refractivity contribution is -0.0578. The van der Waals surface area contributed by atoms with Crippen molar-refractivity contribution in [2.24, 2.45) is 0 Å². The third-order valence-electron chi connectivity index (χ3n) is 7.85. The summed E-state index contributed by atoms with van der Waals surface area (Å²) in [5.41, 5.74) is 2.54. The zero-order valence-corrected chi connectivity index (χ0v) is 23.9. The van der Waals surface area contributed by atoms with Crippen LogP contribution in [0.1, 0.15) is 59.0 Å². The number of likely N-dealkylation sites (tertiary alicyclic amines) is 1. The number of nitrogens with zero attached hydrogens (tertiary/aromatic N) is 2. The number of hydrogen-bond acceptors (Lipinski definition) is 8. The first-order chi connectivity index (χ1) is 18.4. The normalized spacial score (nSPS) is 20.0. The maximum Gasteiger partial charge on any atom is 0.407 e. The standard InChI is InChI=1S/C29H41N3O5S/c1-5-32(23-13-11-22(12-14-23)31-17-24(18-31)35-3)27-20(2)26(28(33)36-4)25(38-27)15-16-30-29(34)37-19-21-9-7-6-8-10-21/h6-10,22-24H,5,11-19H2,1-4H3,(H,30,34)/t22-,23-. The smallest absolute Gasteiger partial charge is 0.407 e. The van der Waals surface area contributed by atoms with Gasteiger partial charge < -0.3 is 24.4 Å². The Bertz CT molecular complexity index is 1060. The average Bonchev–Trinajstić information content (AvgIpc) is 3.23. The fourth-order valence-corrected chi connectivity index (χ4v) is 7.08. The highest BCUT2D eigenvalue weighted by molar-refractivity contribution is 7.16. The molecule has 1 aromatic heterocycles. The summed E-state index contributed by atoms with van der Waals surface area (Å²) in [7, 11) is 3.22. The molecule has 2 fully saturated rings. The van der Waals surface area contributed by atoms with Crippen molar-refractivity contribution in [3.05, 3.63) is 51.9 Å². The number of carbonyl (C=O) groups is 2. The molecule has 1 aliphatic heterocycles. The van der Waals surface area contributed by atoms with Crippen molar-refractivity contribution in [2.45, 2.75) is 70.7 Å². The van der Waals surface area contributed by atoms with E-state index in [1.807, 2.05) is 37.3 Å². The Morgan fingerprint density at radius 3 is 2.45 bits per heavy atom. The van der Waals surface area contributed by atoms with Crippen molar-refractivity contribution in [2.75, 3.05) is 45.3 Å². The first kappa shape index (κ1) is 28.4. The van der Waals surface area contributed by atoms with Gasteiger partial charge in [-0.25, -0.2) is 9.59 Å². The van der Waals surface area contributed by atoms with Crippen molar-refractivity contribution >= 4 is 28.4 Å². The van der Waals surface area contributed by atoms with Crippen LogP contribution in [0.4, 0.5) is 9.80 Å². The van der Waals surface area contributed by atoms with E-state index < -0.39 is 6.09 Å². The number of hydrogen-bond donors (Lipinski definition) is 1. The van der Waals surface area contributed by atoms with Gasteiger partial charge in [-0.2, -0.15) is 0 Å². The summed E-state index contributed by atoms with van der Waals surface area (Å²) in [5, 5.41) is 3.96. The van der Waals surface area contributed by atoms with Gasteiger partial charge in [0.05, 0.1) is 23.8 Å². The summed E-state index contributed by atoms with van der Waals surface area (Å²) in [5.74, 6) is -0.322. The first-order valence-corrected chi connectivity index (χ1v) is 14.4. The van der Waals surface area contributed by atoms with Crippen molar-refractivity contribution in [3.8, 4) is 0 Å². The predicted octanol–water partition coefficient (Wildman–Crippen LogP) is 4.78. The van der Waals surface area contributed by atoms with Gasteiger partial charge in [-0.15, -0.1) is 11.3 Å². The highest BCUT2D eigenvalue weighted by atomic mass is 32.1. The van der Waals surface area contributed by atoms with E-state index in [1.54, 1.807) is 18.4 Å². The van der Waals surface area contributed by atoms with E-state index in [2.05, 4.69) is 22.0 Å². The molecule has 0 radical (unpaired) electrons. The minimum absolute atomic E-state index is 0.223. The molecule has 2 aromatic rings. The summed E-state index contributed by atoms with van der Waals surface area (Å²) in [4.78, 5) is 30.9. The van der Waals surface area contributed by atoms with Gasteiger partial charge in [-0.3, -0.25) is 4.90 Å². The first-order valence-electron chi connectivity index (χ1n) is 13.6. The van der Waals surface area contributed by atoms with Crippen LogP contribution in [-0.4, -0.2) is 75.5 Å². The molecule has 0 spiro atoms. The predicted molar refractivity (Wildman–Crippen MR) is 150 cm³/mol. The quantitative estimate of drug-likeness (QED) is 0.409. The molecule has 2 heterocycles. The molecule has 1 aliphatic carbocycles. The monoisotopic (exact) mass is 543 g/mol. The number of esters is 1. The Kier molecular flexibility index (Phi) is 10.0. The Hall–Kier alpha value is -2.62. The zero-order valence-electron chi connectivity index (χ0n) is 23.0. The van der Waals surface area contributed by atoms with E-state index in [0.29, 0.717) is 36.7 Å². The van der Waals surface area contributed by atoms with Crippen LogP contribution in [-0.2, 0) is 27.2 Å². The van der Waals surface area contributed by atoms with E-state index >= 15 is 0 Å². The molecule has 1 saturated carbocycles. The van der Waals surface area contributed by atoms with Crippen molar-refractivity contribution < 1.29 is 23.8 Å². The van der Waals surface area contributed by atoms with Crippen molar-refractivity contribution in [1.82, 2.24) is 10.2 Å². The number of rotatable bonds is 11. The number of carbonyl (C=O) groups excluding carboxylic acids is 2. The van der Waals surface area contributed by atoms with Gasteiger partial charge in [0.15, 0.2) is 0 Å². The third kappa shape index (κ3) is 6.68. The minimum Gasteiger partial charge on any atom is -0.465 e. The largest absolute Gasteiger partial charge is 0.465 e. The number of ether oxygens (including phenoxy) is 3. The average molecular weight is 544 g/mol. The van der Waals surface area contributed by atoms with Gasteiger partial charge in [0.25, 0.3) is 0 Å². The summed E-state index contributed by atoms with van der Waals surface area (Å²) >= 11 is 1.65. The molecule has 1 aromatic carbocycles. The molecule has 0 atom stereocenters. The van der Waals surface area contributed by atoms with Gasteiger partial charge in [-0.05, 0) is 50.7 Å². The summed E-state index contributed by atoms with van der Waals surface area (Å²) in [6.07, 6.45) is 5.12. The highest BCUT2D eigenvalue weighted by Gasteiger charge is 2.36. The Balaban J connectivity index is 1.36. The lowest BCUT2D eigenvalue weighted by Gasteiger charge is -2.47. The van der Waals surface area contributed by atoms with E-state index in [0.717, 1.165) is 53.5 Å². The highest BCUT2D eigenvalue weighted by Crippen LogP contribution is 2.40. The van der Waals surface area contributed by atoms with Crippen LogP contribution >= 0.6 is 11.3 Å². The molecule has 1 N–H and O–H groups in total. The topological polar surface area (TPSA) is 80.3 Å². The fraction of sp³-hybridized carbons (Fsp3) is 0.586. The Morgan fingerprint density at radius 1 is 1.11 bits per heavy atom. The van der Waals surface area contributed by atoms with Gasteiger partial charge in [0.2, 0.25) is 0 Å².